The Morgan fingerprint density at radius 2 is 2.31 bits per heavy atom. The number of hydrogen-bond acceptors (Lipinski definition) is 3. The zero-order valence-electron chi connectivity index (χ0n) is 6.92. The molecule has 1 aromatic carbocycles. The van der Waals surface area contributed by atoms with Crippen LogP contribution in [0.15, 0.2) is 17.3 Å². The summed E-state index contributed by atoms with van der Waals surface area (Å²) in [7, 11) is 1.40. The van der Waals surface area contributed by atoms with E-state index in [1.165, 1.54) is 19.4 Å². The number of rotatable bonds is 2. The Morgan fingerprint density at radius 1 is 1.62 bits per heavy atom. The van der Waals surface area contributed by atoms with Gasteiger partial charge in [-0.25, -0.2) is 4.39 Å². The van der Waals surface area contributed by atoms with Gasteiger partial charge in [-0.1, -0.05) is 16.8 Å². The van der Waals surface area contributed by atoms with E-state index in [1.54, 1.807) is 0 Å². The smallest absolute Gasteiger partial charge is 0.147 e. The SMILES string of the molecule is CO/N=C/c1cc(N)c(F)cc1Cl. The van der Waals surface area contributed by atoms with Gasteiger partial charge >= 0.3 is 0 Å². The number of nitrogens with zero attached hydrogens (tertiary/aromatic N) is 1. The Morgan fingerprint density at radius 3 is 2.92 bits per heavy atom. The second kappa shape index (κ2) is 4.09. The van der Waals surface area contributed by atoms with Crippen LogP contribution in [0.5, 0.6) is 0 Å². The van der Waals surface area contributed by atoms with E-state index in [4.69, 9.17) is 17.3 Å². The number of oxime groups is 1. The lowest BCUT2D eigenvalue weighted by Crippen LogP contribution is -1.94. The molecule has 1 aromatic rings. The Bertz CT molecular complexity index is 341. The number of anilines is 1. The van der Waals surface area contributed by atoms with E-state index >= 15 is 0 Å². The van der Waals surface area contributed by atoms with Gasteiger partial charge < -0.3 is 10.6 Å². The second-order valence-electron chi connectivity index (χ2n) is 2.31. The summed E-state index contributed by atoms with van der Waals surface area (Å²) in [4.78, 5) is 4.45. The quantitative estimate of drug-likeness (QED) is 0.453. The number of nitrogen functional groups attached to an aromatic ring is 1. The average Bonchev–Trinajstić information content (AvgIpc) is 2.09. The first-order chi connectivity index (χ1) is 6.15. The lowest BCUT2D eigenvalue weighted by atomic mass is 10.2. The molecule has 5 heteroatoms. The molecular weight excluding hydrogens is 195 g/mol. The summed E-state index contributed by atoms with van der Waals surface area (Å²) in [5.74, 6) is -0.542. The number of hydrogen-bond donors (Lipinski definition) is 1. The molecule has 0 heterocycles. The van der Waals surface area contributed by atoms with Gasteiger partial charge in [0.05, 0.1) is 16.9 Å². The summed E-state index contributed by atoms with van der Waals surface area (Å²) in [6, 6.07) is 2.52. The second-order valence-corrected chi connectivity index (χ2v) is 2.72. The van der Waals surface area contributed by atoms with Gasteiger partial charge in [0.25, 0.3) is 0 Å². The summed E-state index contributed by atoms with van der Waals surface area (Å²) < 4.78 is 12.8. The minimum atomic E-state index is -0.542. The van der Waals surface area contributed by atoms with Gasteiger partial charge in [-0.15, -0.1) is 0 Å². The van der Waals surface area contributed by atoms with E-state index in [0.717, 1.165) is 6.07 Å². The van der Waals surface area contributed by atoms with Crippen LogP contribution >= 0.6 is 11.6 Å². The molecule has 0 saturated carbocycles. The van der Waals surface area contributed by atoms with Gasteiger partial charge in [0.1, 0.15) is 12.9 Å². The van der Waals surface area contributed by atoms with E-state index in [-0.39, 0.29) is 10.7 Å². The third kappa shape index (κ3) is 2.32. The molecule has 0 spiro atoms. The molecule has 13 heavy (non-hydrogen) atoms. The van der Waals surface area contributed by atoms with Crippen LogP contribution in [0, 0.1) is 5.82 Å². The van der Waals surface area contributed by atoms with Crippen molar-refractivity contribution in [1.29, 1.82) is 0 Å². The largest absolute Gasteiger partial charge is 0.399 e. The van der Waals surface area contributed by atoms with Crippen molar-refractivity contribution in [2.75, 3.05) is 12.8 Å². The molecular formula is C8H8ClFN2O. The average molecular weight is 203 g/mol. The van der Waals surface area contributed by atoms with E-state index in [0.29, 0.717) is 5.56 Å². The molecule has 0 amide bonds. The fourth-order valence-corrected chi connectivity index (χ4v) is 0.991. The number of nitrogens with two attached hydrogens (primary N) is 1. The lowest BCUT2D eigenvalue weighted by Gasteiger charge is -2.00. The summed E-state index contributed by atoms with van der Waals surface area (Å²) in [6.07, 6.45) is 1.36. The highest BCUT2D eigenvalue weighted by molar-refractivity contribution is 6.33. The van der Waals surface area contributed by atoms with Crippen molar-refractivity contribution >= 4 is 23.5 Å². The predicted molar refractivity (Wildman–Crippen MR) is 50.4 cm³/mol. The van der Waals surface area contributed by atoms with Gasteiger partial charge in [0.15, 0.2) is 0 Å². The first kappa shape index (κ1) is 9.80. The Hall–Kier alpha value is -1.29. The summed E-state index contributed by atoms with van der Waals surface area (Å²) in [5.41, 5.74) is 5.87. The molecule has 3 nitrogen and oxygen atoms in total. The minimum absolute atomic E-state index is 0.0296. The molecule has 0 aliphatic rings. The molecule has 0 radical (unpaired) electrons. The number of halogens is 2. The van der Waals surface area contributed by atoms with Crippen molar-refractivity contribution in [3.05, 3.63) is 28.5 Å². The predicted octanol–water partition coefficient (Wildman–Crippen LogP) is 2.04. The highest BCUT2D eigenvalue weighted by Gasteiger charge is 2.03. The summed E-state index contributed by atoms with van der Waals surface area (Å²) in [5, 5.41) is 3.73. The van der Waals surface area contributed by atoms with E-state index in [9.17, 15) is 4.39 Å². The van der Waals surface area contributed by atoms with Crippen LogP contribution in [-0.2, 0) is 4.84 Å². The third-order valence-corrected chi connectivity index (χ3v) is 1.74. The molecule has 0 aliphatic carbocycles. The standard InChI is InChI=1S/C8H8ClFN2O/c1-13-12-4-5-2-8(11)7(10)3-6(5)9/h2-4H,11H2,1H3/b12-4+. The molecule has 0 aromatic heterocycles. The van der Waals surface area contributed by atoms with E-state index < -0.39 is 5.82 Å². The van der Waals surface area contributed by atoms with Crippen LogP contribution in [0.2, 0.25) is 5.02 Å². The third-order valence-electron chi connectivity index (χ3n) is 1.41. The molecule has 0 fully saturated rings. The molecule has 0 aliphatic heterocycles. The van der Waals surface area contributed by atoms with Gasteiger partial charge in [0, 0.05) is 5.56 Å². The highest BCUT2D eigenvalue weighted by atomic mass is 35.5. The van der Waals surface area contributed by atoms with E-state index in [1.807, 2.05) is 0 Å². The molecule has 1 rings (SSSR count). The molecule has 0 saturated heterocycles. The fourth-order valence-electron chi connectivity index (χ4n) is 0.792. The molecule has 0 bridgehead atoms. The van der Waals surface area contributed by atoms with Gasteiger partial charge in [0.2, 0.25) is 0 Å². The Labute approximate surface area is 79.9 Å². The molecule has 0 atom stereocenters. The van der Waals surface area contributed by atoms with Gasteiger partial charge in [-0.3, -0.25) is 0 Å². The maximum Gasteiger partial charge on any atom is 0.147 e. The summed E-state index contributed by atoms with van der Waals surface area (Å²) in [6.45, 7) is 0. The first-order valence-electron chi connectivity index (χ1n) is 3.46. The van der Waals surface area contributed by atoms with Crippen molar-refractivity contribution in [2.24, 2.45) is 5.16 Å². The Balaban J connectivity index is 3.08. The van der Waals surface area contributed by atoms with Crippen molar-refractivity contribution in [2.45, 2.75) is 0 Å². The molecule has 2 N–H and O–H groups in total. The topological polar surface area (TPSA) is 47.6 Å². The van der Waals surface area contributed by atoms with Crippen LogP contribution in [0.1, 0.15) is 5.56 Å². The van der Waals surface area contributed by atoms with Crippen molar-refractivity contribution in [3.8, 4) is 0 Å². The van der Waals surface area contributed by atoms with Gasteiger partial charge in [-0.2, -0.15) is 0 Å². The first-order valence-corrected chi connectivity index (χ1v) is 3.84. The van der Waals surface area contributed by atoms with Crippen molar-refractivity contribution < 1.29 is 9.23 Å². The van der Waals surface area contributed by atoms with Crippen LogP contribution in [-0.4, -0.2) is 13.3 Å². The zero-order chi connectivity index (χ0) is 9.84. The fraction of sp³-hybridized carbons (Fsp3) is 0.125. The maximum atomic E-state index is 12.8. The molecule has 0 unspecified atom stereocenters. The van der Waals surface area contributed by atoms with Crippen molar-refractivity contribution in [3.63, 3.8) is 0 Å². The normalized spacial score (nSPS) is 10.7. The van der Waals surface area contributed by atoms with Gasteiger partial charge in [-0.05, 0) is 12.1 Å². The molecule has 70 valence electrons. The summed E-state index contributed by atoms with van der Waals surface area (Å²) >= 11 is 5.69. The highest BCUT2D eigenvalue weighted by Crippen LogP contribution is 2.20. The van der Waals surface area contributed by atoms with E-state index in [2.05, 4.69) is 9.99 Å². The van der Waals surface area contributed by atoms with Crippen LogP contribution in [0.25, 0.3) is 0 Å². The zero-order valence-corrected chi connectivity index (χ0v) is 7.68. The van der Waals surface area contributed by atoms with Crippen LogP contribution < -0.4 is 5.73 Å². The van der Waals surface area contributed by atoms with Crippen LogP contribution in [0.4, 0.5) is 10.1 Å². The minimum Gasteiger partial charge on any atom is -0.399 e. The van der Waals surface area contributed by atoms with Crippen molar-refractivity contribution in [1.82, 2.24) is 0 Å². The monoisotopic (exact) mass is 202 g/mol. The lowest BCUT2D eigenvalue weighted by molar-refractivity contribution is 0.215. The van der Waals surface area contributed by atoms with Crippen LogP contribution in [0.3, 0.4) is 0 Å². The maximum absolute atomic E-state index is 12.8. The Kier molecular flexibility index (Phi) is 3.08. The number of benzene rings is 1.